The molecule has 0 bridgehead atoms. The first-order valence-electron chi connectivity index (χ1n) is 15.4. The molecule has 0 spiro atoms. The summed E-state index contributed by atoms with van der Waals surface area (Å²) < 4.78 is 0. The zero-order chi connectivity index (χ0) is 40.1. The molecule has 0 saturated heterocycles. The molecule has 6 aromatic rings. The minimum atomic E-state index is -1.13. The first-order valence-corrected chi connectivity index (χ1v) is 15.4. The number of carbonyl (C=O) groups excluding carboxylic acids is 6. The summed E-state index contributed by atoms with van der Waals surface area (Å²) in [5.41, 5.74) is 1.32. The second kappa shape index (κ2) is 30.8. The number of carboxylic acid groups (broad SMARTS) is 6. The topological polar surface area (TPSA) is 241 Å². The van der Waals surface area contributed by atoms with E-state index in [4.69, 9.17) is 0 Å². The molecule has 288 valence electrons. The van der Waals surface area contributed by atoms with Gasteiger partial charge in [-0.25, -0.2) is 0 Å². The van der Waals surface area contributed by atoms with Crippen LogP contribution in [0.25, 0.3) is 0 Å². The standard InChI is InChI=1S/6C7H6O2.2Rh/c6*8-7(9)6-4-2-1-3-5-6;;/h6*1-5H,(H,8,9);;/q;;;;;;2*+3/p-6. The molecule has 0 amide bonds. The van der Waals surface area contributed by atoms with Gasteiger partial charge in [-0.1, -0.05) is 182 Å². The minimum Gasteiger partial charge on any atom is -0.545 e. The number of carbonyl (C=O) groups is 6. The zero-order valence-electron chi connectivity index (χ0n) is 28.9. The average Bonchev–Trinajstić information content (AvgIpc) is 3.21. The maximum absolute atomic E-state index is 10.1. The molecule has 56 heavy (non-hydrogen) atoms. The van der Waals surface area contributed by atoms with Crippen molar-refractivity contribution in [1.82, 2.24) is 0 Å². The molecule has 12 nitrogen and oxygen atoms in total. The van der Waals surface area contributed by atoms with Crippen LogP contribution in [-0.4, -0.2) is 35.8 Å². The van der Waals surface area contributed by atoms with E-state index in [0.29, 0.717) is 0 Å². The third-order valence-electron chi connectivity index (χ3n) is 6.06. The van der Waals surface area contributed by atoms with Crippen molar-refractivity contribution < 1.29 is 98.4 Å². The SMILES string of the molecule is O=C([O-])c1ccccc1.O=C([O-])c1ccccc1.O=C([O-])c1ccccc1.O=C([O-])c1ccccc1.O=C([O-])c1ccccc1.O=C([O-])c1ccccc1.[Rh+3].[Rh+3]. The molecule has 0 fully saturated rings. The van der Waals surface area contributed by atoms with E-state index < -0.39 is 35.8 Å². The van der Waals surface area contributed by atoms with Crippen molar-refractivity contribution in [2.45, 2.75) is 0 Å². The average molecular weight is 933 g/mol. The number of benzene rings is 6. The third kappa shape index (κ3) is 23.8. The zero-order valence-corrected chi connectivity index (χ0v) is 32.2. The smallest absolute Gasteiger partial charge is 0.545 e. The van der Waals surface area contributed by atoms with Crippen LogP contribution in [0.15, 0.2) is 182 Å². The van der Waals surface area contributed by atoms with Gasteiger partial charge in [-0.15, -0.1) is 0 Å². The van der Waals surface area contributed by atoms with E-state index in [1.54, 1.807) is 109 Å². The Morgan fingerprint density at radius 3 is 0.357 bits per heavy atom. The molecule has 14 heteroatoms. The first-order chi connectivity index (χ1) is 25.8. The second-order valence-electron chi connectivity index (χ2n) is 9.92. The molecule has 6 rings (SSSR count). The Balaban J connectivity index is 0. The van der Waals surface area contributed by atoms with Gasteiger partial charge in [0.15, 0.2) is 0 Å². The monoisotopic (exact) mass is 932 g/mol. The van der Waals surface area contributed by atoms with Gasteiger partial charge in [0.1, 0.15) is 0 Å². The fraction of sp³-hybridized carbons (Fsp3) is 0. The van der Waals surface area contributed by atoms with Crippen LogP contribution in [-0.2, 0) is 39.0 Å². The van der Waals surface area contributed by atoms with Crippen molar-refractivity contribution in [3.63, 3.8) is 0 Å². The molecule has 0 radical (unpaired) electrons. The van der Waals surface area contributed by atoms with Gasteiger partial charge in [-0.2, -0.15) is 0 Å². The van der Waals surface area contributed by atoms with E-state index in [1.165, 1.54) is 72.8 Å². The molecular formula is C42H30O12Rh2. The largest absolute Gasteiger partial charge is 3.00 e. The fourth-order valence-electron chi connectivity index (χ4n) is 3.45. The molecule has 0 aliphatic heterocycles. The Hall–Kier alpha value is -6.61. The number of aromatic carboxylic acids is 6. The van der Waals surface area contributed by atoms with Crippen molar-refractivity contribution in [2.24, 2.45) is 0 Å². The summed E-state index contributed by atoms with van der Waals surface area (Å²) in [7, 11) is 0. The Labute approximate surface area is 347 Å². The Morgan fingerprint density at radius 2 is 0.304 bits per heavy atom. The van der Waals surface area contributed by atoms with Crippen molar-refractivity contribution in [2.75, 3.05) is 0 Å². The van der Waals surface area contributed by atoms with E-state index in [2.05, 4.69) is 0 Å². The molecule has 0 heterocycles. The molecular weight excluding hydrogens is 902 g/mol. The number of rotatable bonds is 6. The van der Waals surface area contributed by atoms with Crippen LogP contribution >= 0.6 is 0 Å². The Bertz CT molecular complexity index is 1620. The van der Waals surface area contributed by atoms with Crippen molar-refractivity contribution >= 4 is 35.8 Å². The van der Waals surface area contributed by atoms with Crippen LogP contribution in [0.1, 0.15) is 62.1 Å². The summed E-state index contributed by atoms with van der Waals surface area (Å²) in [4.78, 5) is 60.5. The molecule has 0 atom stereocenters. The molecule has 0 aromatic heterocycles. The van der Waals surface area contributed by atoms with Gasteiger partial charge in [0, 0.05) is 0 Å². The van der Waals surface area contributed by atoms with Gasteiger partial charge in [-0.05, 0) is 33.4 Å². The minimum absolute atomic E-state index is 0. The predicted octanol–water partition coefficient (Wildman–Crippen LogP) is 0.296. The first kappa shape index (κ1) is 51.5. The van der Waals surface area contributed by atoms with E-state index in [-0.39, 0.29) is 72.3 Å². The number of hydrogen-bond acceptors (Lipinski definition) is 12. The van der Waals surface area contributed by atoms with Crippen LogP contribution < -0.4 is 30.6 Å². The number of hydrogen-bond donors (Lipinski definition) is 0. The summed E-state index contributed by atoms with van der Waals surface area (Å²) in [6, 6.07) is 48.4. The van der Waals surface area contributed by atoms with Gasteiger partial charge in [0.25, 0.3) is 0 Å². The summed E-state index contributed by atoms with van der Waals surface area (Å²) in [5, 5.41) is 60.5. The number of carboxylic acids is 6. The van der Waals surface area contributed by atoms with Gasteiger partial charge < -0.3 is 59.4 Å². The van der Waals surface area contributed by atoms with Crippen LogP contribution in [0.5, 0.6) is 0 Å². The quantitative estimate of drug-likeness (QED) is 0.205. The normalized spacial score (nSPS) is 8.57. The van der Waals surface area contributed by atoms with Crippen LogP contribution in [0, 0.1) is 0 Å². The van der Waals surface area contributed by atoms with E-state index in [9.17, 15) is 59.4 Å². The second-order valence-corrected chi connectivity index (χ2v) is 9.92. The van der Waals surface area contributed by atoms with Crippen molar-refractivity contribution in [3.05, 3.63) is 215 Å². The van der Waals surface area contributed by atoms with E-state index in [0.717, 1.165) is 0 Å². The molecule has 0 unspecified atom stereocenters. The van der Waals surface area contributed by atoms with Gasteiger partial charge in [0.2, 0.25) is 0 Å². The van der Waals surface area contributed by atoms with Crippen LogP contribution in [0.4, 0.5) is 0 Å². The molecule has 0 saturated carbocycles. The molecule has 0 aliphatic carbocycles. The van der Waals surface area contributed by atoms with Crippen LogP contribution in [0.2, 0.25) is 0 Å². The third-order valence-corrected chi connectivity index (χ3v) is 6.06. The van der Waals surface area contributed by atoms with Gasteiger partial charge in [0.05, 0.1) is 35.8 Å². The molecule has 0 aliphatic rings. The fourth-order valence-corrected chi connectivity index (χ4v) is 3.45. The van der Waals surface area contributed by atoms with Crippen molar-refractivity contribution in [3.8, 4) is 0 Å². The summed E-state index contributed by atoms with van der Waals surface area (Å²) in [6.07, 6.45) is 0. The summed E-state index contributed by atoms with van der Waals surface area (Å²) in [5.74, 6) is -6.77. The summed E-state index contributed by atoms with van der Waals surface area (Å²) in [6.45, 7) is 0. The maximum Gasteiger partial charge on any atom is 3.00 e. The summed E-state index contributed by atoms with van der Waals surface area (Å²) >= 11 is 0. The van der Waals surface area contributed by atoms with E-state index >= 15 is 0 Å². The predicted molar refractivity (Wildman–Crippen MR) is 185 cm³/mol. The van der Waals surface area contributed by atoms with Crippen molar-refractivity contribution in [1.29, 1.82) is 0 Å². The maximum atomic E-state index is 10.1. The van der Waals surface area contributed by atoms with Gasteiger partial charge >= 0.3 is 39.0 Å². The molecule has 6 aromatic carbocycles. The van der Waals surface area contributed by atoms with E-state index in [1.807, 2.05) is 0 Å². The molecule has 0 N–H and O–H groups in total. The Morgan fingerprint density at radius 1 is 0.214 bits per heavy atom. The van der Waals surface area contributed by atoms with Crippen LogP contribution in [0.3, 0.4) is 0 Å². The van der Waals surface area contributed by atoms with Gasteiger partial charge in [-0.3, -0.25) is 0 Å². The Kier molecular flexibility index (Phi) is 28.3.